The van der Waals surface area contributed by atoms with E-state index in [2.05, 4.69) is 21.9 Å². The maximum absolute atomic E-state index is 9.78. The molecule has 0 saturated carbocycles. The molecule has 1 saturated heterocycles. The standard InChI is InChI=1S/C23H21Cl3N2O/c24-18-6-4-17(5-7-18)23-15-27(14-16-2-1-3-20(29)12-16)10-11-28(23)22-9-8-19(25)13-21(22)26/h1-9,12-13,23,29H,10-11,14-15H2. The quantitative estimate of drug-likeness (QED) is 0.500. The second kappa shape index (κ2) is 8.85. The lowest BCUT2D eigenvalue weighted by Gasteiger charge is -2.43. The number of hydrogen-bond acceptors (Lipinski definition) is 3. The van der Waals surface area contributed by atoms with E-state index in [4.69, 9.17) is 34.8 Å². The van der Waals surface area contributed by atoms with Crippen LogP contribution < -0.4 is 4.90 Å². The Hall–Kier alpha value is -1.91. The predicted molar refractivity (Wildman–Crippen MR) is 121 cm³/mol. The molecule has 29 heavy (non-hydrogen) atoms. The third kappa shape index (κ3) is 4.81. The molecule has 3 nitrogen and oxygen atoms in total. The fourth-order valence-electron chi connectivity index (χ4n) is 3.87. The molecular weight excluding hydrogens is 427 g/mol. The van der Waals surface area contributed by atoms with Gasteiger partial charge in [-0.3, -0.25) is 4.90 Å². The van der Waals surface area contributed by atoms with E-state index in [0.29, 0.717) is 15.8 Å². The molecule has 0 spiro atoms. The first-order chi connectivity index (χ1) is 14.0. The first-order valence-electron chi connectivity index (χ1n) is 9.47. The Bertz CT molecular complexity index is 994. The number of halogens is 3. The number of anilines is 1. The summed E-state index contributed by atoms with van der Waals surface area (Å²) in [7, 11) is 0. The number of rotatable bonds is 4. The lowest BCUT2D eigenvalue weighted by Crippen LogP contribution is -2.48. The van der Waals surface area contributed by atoms with Gasteiger partial charge in [-0.05, 0) is 53.6 Å². The SMILES string of the molecule is Oc1cccc(CN2CCN(c3ccc(Cl)cc3Cl)C(c3ccc(Cl)cc3)C2)c1. The maximum Gasteiger partial charge on any atom is 0.115 e. The van der Waals surface area contributed by atoms with Crippen molar-refractivity contribution in [2.45, 2.75) is 12.6 Å². The minimum Gasteiger partial charge on any atom is -0.508 e. The third-order valence-electron chi connectivity index (χ3n) is 5.26. The Morgan fingerprint density at radius 1 is 0.862 bits per heavy atom. The van der Waals surface area contributed by atoms with Crippen molar-refractivity contribution in [2.24, 2.45) is 0 Å². The Kier molecular flexibility index (Phi) is 6.21. The van der Waals surface area contributed by atoms with E-state index in [1.807, 2.05) is 42.5 Å². The van der Waals surface area contributed by atoms with Crippen molar-refractivity contribution in [2.75, 3.05) is 24.5 Å². The van der Waals surface area contributed by atoms with E-state index in [0.717, 1.165) is 42.5 Å². The zero-order chi connectivity index (χ0) is 20.4. The summed E-state index contributed by atoms with van der Waals surface area (Å²) >= 11 is 18.8. The predicted octanol–water partition coefficient (Wildman–Crippen LogP) is 6.42. The summed E-state index contributed by atoms with van der Waals surface area (Å²) in [6.45, 7) is 3.32. The van der Waals surface area contributed by atoms with Crippen molar-refractivity contribution in [3.8, 4) is 5.75 Å². The molecule has 0 radical (unpaired) electrons. The average Bonchev–Trinajstić information content (AvgIpc) is 2.69. The molecule has 0 bridgehead atoms. The van der Waals surface area contributed by atoms with Crippen LogP contribution in [0.1, 0.15) is 17.2 Å². The number of phenols is 1. The van der Waals surface area contributed by atoms with Crippen molar-refractivity contribution in [3.63, 3.8) is 0 Å². The summed E-state index contributed by atoms with van der Waals surface area (Å²) in [5.41, 5.74) is 3.26. The van der Waals surface area contributed by atoms with Gasteiger partial charge in [0.1, 0.15) is 5.75 Å². The molecule has 1 N–H and O–H groups in total. The van der Waals surface area contributed by atoms with Crippen LogP contribution >= 0.6 is 34.8 Å². The van der Waals surface area contributed by atoms with Crippen molar-refractivity contribution in [3.05, 3.63) is 92.9 Å². The normalized spacial score (nSPS) is 17.5. The Morgan fingerprint density at radius 2 is 1.62 bits per heavy atom. The molecule has 4 rings (SSSR count). The van der Waals surface area contributed by atoms with E-state index in [9.17, 15) is 5.11 Å². The van der Waals surface area contributed by atoms with Crippen LogP contribution in [0.4, 0.5) is 5.69 Å². The number of nitrogens with zero attached hydrogens (tertiary/aromatic N) is 2. The molecule has 1 atom stereocenters. The topological polar surface area (TPSA) is 26.7 Å². The zero-order valence-electron chi connectivity index (χ0n) is 15.7. The van der Waals surface area contributed by atoms with Gasteiger partial charge in [0.05, 0.1) is 16.8 Å². The van der Waals surface area contributed by atoms with Crippen molar-refractivity contribution in [1.29, 1.82) is 0 Å². The summed E-state index contributed by atoms with van der Waals surface area (Å²) in [5.74, 6) is 0.295. The van der Waals surface area contributed by atoms with E-state index >= 15 is 0 Å². The van der Waals surface area contributed by atoms with Crippen LogP contribution in [-0.2, 0) is 6.54 Å². The second-order valence-electron chi connectivity index (χ2n) is 7.26. The Balaban J connectivity index is 1.63. The van der Waals surface area contributed by atoms with Crippen molar-refractivity contribution in [1.82, 2.24) is 4.90 Å². The van der Waals surface area contributed by atoms with Crippen LogP contribution in [0, 0.1) is 0 Å². The van der Waals surface area contributed by atoms with Gasteiger partial charge < -0.3 is 10.0 Å². The fraction of sp³-hybridized carbons (Fsp3) is 0.217. The molecule has 0 aromatic heterocycles. The molecule has 1 aliphatic heterocycles. The average molecular weight is 448 g/mol. The molecular formula is C23H21Cl3N2O. The van der Waals surface area contributed by atoms with Crippen molar-refractivity contribution < 1.29 is 5.11 Å². The van der Waals surface area contributed by atoms with Gasteiger partial charge in [0.25, 0.3) is 0 Å². The fourth-order valence-corrected chi connectivity index (χ4v) is 4.51. The van der Waals surface area contributed by atoms with Gasteiger partial charge in [-0.25, -0.2) is 0 Å². The third-order valence-corrected chi connectivity index (χ3v) is 6.04. The van der Waals surface area contributed by atoms with E-state index in [-0.39, 0.29) is 6.04 Å². The molecule has 6 heteroatoms. The molecule has 1 heterocycles. The number of phenolic OH excluding ortho intramolecular Hbond substituents is 1. The van der Waals surface area contributed by atoms with E-state index < -0.39 is 0 Å². The largest absolute Gasteiger partial charge is 0.508 e. The van der Waals surface area contributed by atoms with Gasteiger partial charge in [-0.2, -0.15) is 0 Å². The highest BCUT2D eigenvalue weighted by molar-refractivity contribution is 6.36. The van der Waals surface area contributed by atoms with Crippen molar-refractivity contribution >= 4 is 40.5 Å². The molecule has 150 valence electrons. The van der Waals surface area contributed by atoms with E-state index in [1.165, 1.54) is 5.56 Å². The van der Waals surface area contributed by atoms with Gasteiger partial charge in [0, 0.05) is 36.2 Å². The van der Waals surface area contributed by atoms with E-state index in [1.54, 1.807) is 12.1 Å². The second-order valence-corrected chi connectivity index (χ2v) is 8.54. The molecule has 0 amide bonds. The van der Waals surface area contributed by atoms with Gasteiger partial charge in [-0.15, -0.1) is 0 Å². The molecule has 1 aliphatic rings. The van der Waals surface area contributed by atoms with Crippen LogP contribution in [0.15, 0.2) is 66.7 Å². The van der Waals surface area contributed by atoms with Crippen LogP contribution in [0.3, 0.4) is 0 Å². The number of aromatic hydroxyl groups is 1. The number of hydrogen-bond donors (Lipinski definition) is 1. The minimum absolute atomic E-state index is 0.122. The zero-order valence-corrected chi connectivity index (χ0v) is 18.0. The van der Waals surface area contributed by atoms with Crippen LogP contribution in [-0.4, -0.2) is 29.6 Å². The lowest BCUT2D eigenvalue weighted by molar-refractivity contribution is 0.215. The molecule has 0 aliphatic carbocycles. The van der Waals surface area contributed by atoms with Crippen LogP contribution in [0.2, 0.25) is 15.1 Å². The lowest BCUT2D eigenvalue weighted by atomic mass is 10.0. The highest BCUT2D eigenvalue weighted by atomic mass is 35.5. The number of piperazine rings is 1. The first kappa shape index (κ1) is 20.4. The van der Waals surface area contributed by atoms with Gasteiger partial charge in [-0.1, -0.05) is 59.1 Å². The number of benzene rings is 3. The molecule has 1 unspecified atom stereocenters. The Labute approximate surface area is 186 Å². The van der Waals surface area contributed by atoms with Crippen LogP contribution in [0.5, 0.6) is 5.75 Å². The smallest absolute Gasteiger partial charge is 0.115 e. The first-order valence-corrected chi connectivity index (χ1v) is 10.6. The van der Waals surface area contributed by atoms with Gasteiger partial charge in [0.15, 0.2) is 0 Å². The van der Waals surface area contributed by atoms with Gasteiger partial charge in [0.2, 0.25) is 0 Å². The van der Waals surface area contributed by atoms with Crippen LogP contribution in [0.25, 0.3) is 0 Å². The summed E-state index contributed by atoms with van der Waals surface area (Å²) < 4.78 is 0. The molecule has 1 fully saturated rings. The summed E-state index contributed by atoms with van der Waals surface area (Å²) in [6.07, 6.45) is 0. The summed E-state index contributed by atoms with van der Waals surface area (Å²) in [5, 5.41) is 11.8. The summed E-state index contributed by atoms with van der Waals surface area (Å²) in [4.78, 5) is 4.73. The highest BCUT2D eigenvalue weighted by Crippen LogP contribution is 2.37. The monoisotopic (exact) mass is 446 g/mol. The molecule has 3 aromatic carbocycles. The molecule has 3 aromatic rings. The maximum atomic E-state index is 9.78. The van der Waals surface area contributed by atoms with Gasteiger partial charge >= 0.3 is 0 Å². The highest BCUT2D eigenvalue weighted by Gasteiger charge is 2.29. The minimum atomic E-state index is 0.122. The Morgan fingerprint density at radius 3 is 2.34 bits per heavy atom. The summed E-state index contributed by atoms with van der Waals surface area (Å²) in [6, 6.07) is 21.2.